The molecule has 1 saturated heterocycles. The molecule has 1 rings (SSSR count). The number of oxime groups is 1. The Morgan fingerprint density at radius 2 is 2.50 bits per heavy atom. The Hall–Kier alpha value is -0.320. The molecule has 0 spiro atoms. The summed E-state index contributed by atoms with van der Waals surface area (Å²) in [5.41, 5.74) is 0.889. The number of alkyl halides is 2. The Balaban J connectivity index is 2.26. The number of hydrogen-bond acceptors (Lipinski definition) is 3. The molecule has 0 aromatic heterocycles. The van der Waals surface area contributed by atoms with Crippen LogP contribution in [-0.2, 0) is 4.84 Å². The molecule has 1 unspecified atom stereocenters. The Kier molecular flexibility index (Phi) is 3.78. The average Bonchev–Trinajstić information content (AvgIpc) is 2.36. The minimum atomic E-state index is -2.43. The number of nitrogens with zero attached hydrogens (tertiary/aromatic N) is 1. The van der Waals surface area contributed by atoms with E-state index in [0.717, 1.165) is 17.2 Å². The van der Waals surface area contributed by atoms with Gasteiger partial charge in [0, 0.05) is 17.4 Å². The van der Waals surface area contributed by atoms with Gasteiger partial charge in [-0.2, -0.15) is 11.8 Å². The van der Waals surface area contributed by atoms with Crippen LogP contribution in [0.25, 0.3) is 0 Å². The van der Waals surface area contributed by atoms with Crippen LogP contribution >= 0.6 is 11.8 Å². The smallest absolute Gasteiger partial charge is 0.274 e. The molecular weight excluding hydrogens is 184 g/mol. The third kappa shape index (κ3) is 2.97. The van der Waals surface area contributed by atoms with E-state index in [9.17, 15) is 8.78 Å². The van der Waals surface area contributed by atoms with Crippen molar-refractivity contribution >= 4 is 17.5 Å². The van der Waals surface area contributed by atoms with Crippen molar-refractivity contribution < 1.29 is 13.6 Å². The van der Waals surface area contributed by atoms with Gasteiger partial charge in [-0.05, 0) is 0 Å². The fourth-order valence-corrected chi connectivity index (χ4v) is 2.08. The lowest BCUT2D eigenvalue weighted by Crippen LogP contribution is -2.09. The lowest BCUT2D eigenvalue weighted by atomic mass is 10.1. The van der Waals surface area contributed by atoms with Gasteiger partial charge in [-0.1, -0.05) is 12.1 Å². The quantitative estimate of drug-likeness (QED) is 0.642. The minimum absolute atomic E-state index is 0.368. The van der Waals surface area contributed by atoms with Crippen LogP contribution in [0.1, 0.15) is 6.92 Å². The maximum Gasteiger partial charge on any atom is 0.274 e. The molecule has 12 heavy (non-hydrogen) atoms. The van der Waals surface area contributed by atoms with Crippen LogP contribution in [0.3, 0.4) is 0 Å². The van der Waals surface area contributed by atoms with E-state index < -0.39 is 13.0 Å². The largest absolute Gasteiger partial charge is 0.390 e. The maximum absolute atomic E-state index is 11.6. The average molecular weight is 195 g/mol. The van der Waals surface area contributed by atoms with Gasteiger partial charge in [0.1, 0.15) is 0 Å². The normalized spacial score (nSPS) is 27.0. The van der Waals surface area contributed by atoms with Crippen LogP contribution in [0.5, 0.6) is 0 Å². The summed E-state index contributed by atoms with van der Waals surface area (Å²) < 4.78 is 23.2. The fraction of sp³-hybridized carbons (Fsp3) is 0.857. The van der Waals surface area contributed by atoms with Crippen molar-refractivity contribution in [3.05, 3.63) is 0 Å². The van der Waals surface area contributed by atoms with Crippen molar-refractivity contribution in [1.29, 1.82) is 0 Å². The first-order valence-electron chi connectivity index (χ1n) is 3.74. The van der Waals surface area contributed by atoms with Crippen molar-refractivity contribution in [1.82, 2.24) is 0 Å². The molecule has 0 saturated carbocycles. The molecule has 1 atom stereocenters. The highest BCUT2D eigenvalue weighted by Gasteiger charge is 2.19. The molecule has 0 aromatic rings. The van der Waals surface area contributed by atoms with Crippen molar-refractivity contribution in [2.75, 3.05) is 18.1 Å². The van der Waals surface area contributed by atoms with Crippen molar-refractivity contribution in [2.24, 2.45) is 11.1 Å². The molecule has 1 fully saturated rings. The van der Waals surface area contributed by atoms with E-state index in [0.29, 0.717) is 5.92 Å². The predicted molar refractivity (Wildman–Crippen MR) is 45.9 cm³/mol. The van der Waals surface area contributed by atoms with Gasteiger partial charge < -0.3 is 4.84 Å². The monoisotopic (exact) mass is 195 g/mol. The highest BCUT2D eigenvalue weighted by molar-refractivity contribution is 8.00. The molecule has 1 heterocycles. The Morgan fingerprint density at radius 1 is 1.75 bits per heavy atom. The van der Waals surface area contributed by atoms with Crippen molar-refractivity contribution in [3.63, 3.8) is 0 Å². The van der Waals surface area contributed by atoms with Crippen LogP contribution in [0.15, 0.2) is 5.16 Å². The van der Waals surface area contributed by atoms with Gasteiger partial charge in [0.05, 0.1) is 5.71 Å². The molecule has 70 valence electrons. The molecule has 0 aromatic carbocycles. The molecule has 0 amide bonds. The highest BCUT2D eigenvalue weighted by atomic mass is 32.2. The first-order chi connectivity index (χ1) is 5.70. The summed E-state index contributed by atoms with van der Waals surface area (Å²) >= 11 is 1.75. The third-order valence-electron chi connectivity index (χ3n) is 1.57. The molecular formula is C7H11F2NOS. The van der Waals surface area contributed by atoms with Crippen LogP contribution < -0.4 is 0 Å². The number of halogens is 2. The van der Waals surface area contributed by atoms with E-state index in [4.69, 9.17) is 0 Å². The molecule has 0 bridgehead atoms. The predicted octanol–water partition coefficient (Wildman–Crippen LogP) is 2.01. The molecule has 1 aliphatic heterocycles. The molecule has 0 radical (unpaired) electrons. The first kappa shape index (κ1) is 9.77. The van der Waals surface area contributed by atoms with Gasteiger partial charge in [-0.25, -0.2) is 8.78 Å². The van der Waals surface area contributed by atoms with Gasteiger partial charge in [0.2, 0.25) is 0 Å². The topological polar surface area (TPSA) is 21.6 Å². The second kappa shape index (κ2) is 4.64. The fourth-order valence-electron chi connectivity index (χ4n) is 0.872. The van der Waals surface area contributed by atoms with Crippen LogP contribution in [0.4, 0.5) is 8.78 Å². The highest BCUT2D eigenvalue weighted by Crippen LogP contribution is 2.20. The first-order valence-corrected chi connectivity index (χ1v) is 4.90. The van der Waals surface area contributed by atoms with E-state index in [1.54, 1.807) is 11.8 Å². The second-order valence-corrected chi connectivity index (χ2v) is 3.72. The standard InChI is InChI=1S/C7H11F2NOS/c1-5-3-12-4-6(5)10-11-2-7(8)9/h5,7H,2-4H2,1H3/b10-6+. The van der Waals surface area contributed by atoms with Gasteiger partial charge in [0.25, 0.3) is 6.43 Å². The van der Waals surface area contributed by atoms with E-state index in [1.165, 1.54) is 0 Å². The van der Waals surface area contributed by atoms with Crippen molar-refractivity contribution in [2.45, 2.75) is 13.3 Å². The molecule has 0 N–H and O–H groups in total. The number of thioether (sulfide) groups is 1. The number of rotatable bonds is 3. The summed E-state index contributed by atoms with van der Waals surface area (Å²) in [7, 11) is 0. The Bertz CT molecular complexity index is 175. The van der Waals surface area contributed by atoms with Crippen molar-refractivity contribution in [3.8, 4) is 0 Å². The van der Waals surface area contributed by atoms with Gasteiger partial charge in [-0.3, -0.25) is 0 Å². The summed E-state index contributed by atoms with van der Waals surface area (Å²) in [5, 5.41) is 3.66. The van der Waals surface area contributed by atoms with Gasteiger partial charge in [-0.15, -0.1) is 0 Å². The Labute approximate surface area is 74.3 Å². The SMILES string of the molecule is CC1CSC/C1=N\OCC(F)F. The summed E-state index contributed by atoms with van der Waals surface area (Å²) in [4.78, 5) is 4.47. The van der Waals surface area contributed by atoms with E-state index in [1.807, 2.05) is 6.92 Å². The lowest BCUT2D eigenvalue weighted by Gasteiger charge is -2.02. The zero-order chi connectivity index (χ0) is 8.97. The van der Waals surface area contributed by atoms with Crippen LogP contribution in [0.2, 0.25) is 0 Å². The van der Waals surface area contributed by atoms with E-state index in [-0.39, 0.29) is 0 Å². The molecule has 5 heteroatoms. The molecule has 1 aliphatic rings. The van der Waals surface area contributed by atoms with E-state index >= 15 is 0 Å². The van der Waals surface area contributed by atoms with Gasteiger partial charge >= 0.3 is 0 Å². The number of hydrogen-bond donors (Lipinski definition) is 0. The second-order valence-electron chi connectivity index (χ2n) is 2.69. The lowest BCUT2D eigenvalue weighted by molar-refractivity contribution is 0.0198. The van der Waals surface area contributed by atoms with Crippen LogP contribution in [-0.4, -0.2) is 30.2 Å². The third-order valence-corrected chi connectivity index (χ3v) is 2.80. The Morgan fingerprint density at radius 3 is 3.00 bits per heavy atom. The summed E-state index contributed by atoms with van der Waals surface area (Å²) in [6, 6.07) is 0. The molecule has 0 aliphatic carbocycles. The summed E-state index contributed by atoms with van der Waals surface area (Å²) in [6.07, 6.45) is -2.43. The molecule has 2 nitrogen and oxygen atoms in total. The summed E-state index contributed by atoms with van der Waals surface area (Å²) in [6.45, 7) is 1.42. The zero-order valence-corrected chi connectivity index (χ0v) is 7.61. The minimum Gasteiger partial charge on any atom is -0.390 e. The van der Waals surface area contributed by atoms with Crippen LogP contribution in [0, 0.1) is 5.92 Å². The summed E-state index contributed by atoms with van der Waals surface area (Å²) in [5.74, 6) is 2.19. The maximum atomic E-state index is 11.6. The zero-order valence-electron chi connectivity index (χ0n) is 6.80. The van der Waals surface area contributed by atoms with Gasteiger partial charge in [0.15, 0.2) is 6.61 Å². The van der Waals surface area contributed by atoms with E-state index in [2.05, 4.69) is 9.99 Å².